The third kappa shape index (κ3) is 3.67. The Kier molecular flexibility index (Phi) is 5.43. The molecular formula is C23H28N4O2. The second kappa shape index (κ2) is 8.15. The Labute approximate surface area is 171 Å². The average Bonchev–Trinajstić information content (AvgIpc) is 2.73. The van der Waals surface area contributed by atoms with Crippen molar-refractivity contribution in [1.29, 1.82) is 0 Å². The molecule has 3 aromatic rings. The summed E-state index contributed by atoms with van der Waals surface area (Å²) in [5.41, 5.74) is 3.24. The number of aromatic hydroxyl groups is 1. The molecule has 1 aromatic heterocycles. The number of rotatable bonds is 6. The van der Waals surface area contributed by atoms with Gasteiger partial charge in [-0.25, -0.2) is 0 Å². The van der Waals surface area contributed by atoms with Gasteiger partial charge in [0, 0.05) is 42.3 Å². The smallest absolute Gasteiger partial charge is 0.318 e. The van der Waals surface area contributed by atoms with E-state index in [9.17, 15) is 5.11 Å². The number of fused-ring (bicyclic) bond motifs is 2. The number of hydrogen-bond donors (Lipinski definition) is 1. The number of ether oxygens (including phenoxy) is 1. The predicted octanol–water partition coefficient (Wildman–Crippen LogP) is 4.14. The van der Waals surface area contributed by atoms with Crippen LogP contribution in [0.15, 0.2) is 36.4 Å². The summed E-state index contributed by atoms with van der Waals surface area (Å²) in [4.78, 5) is 14.0. The van der Waals surface area contributed by atoms with Crippen molar-refractivity contribution < 1.29 is 9.84 Å². The van der Waals surface area contributed by atoms with E-state index in [1.54, 1.807) is 0 Å². The van der Waals surface area contributed by atoms with Gasteiger partial charge in [0.1, 0.15) is 11.6 Å². The van der Waals surface area contributed by atoms with Gasteiger partial charge in [-0.3, -0.25) is 0 Å². The Morgan fingerprint density at radius 3 is 2.66 bits per heavy atom. The minimum absolute atomic E-state index is 0.283. The van der Waals surface area contributed by atoms with Crippen LogP contribution in [-0.4, -0.2) is 41.3 Å². The highest BCUT2D eigenvalue weighted by Gasteiger charge is 2.26. The van der Waals surface area contributed by atoms with Gasteiger partial charge in [0.2, 0.25) is 0 Å². The largest absolute Gasteiger partial charge is 0.508 e. The molecule has 0 saturated heterocycles. The first-order valence-electron chi connectivity index (χ1n) is 10.4. The Morgan fingerprint density at radius 2 is 1.90 bits per heavy atom. The van der Waals surface area contributed by atoms with Gasteiger partial charge < -0.3 is 19.6 Å². The number of aromatic nitrogens is 2. The van der Waals surface area contributed by atoms with Crippen molar-refractivity contribution >= 4 is 22.3 Å². The van der Waals surface area contributed by atoms with Gasteiger partial charge in [0.25, 0.3) is 0 Å². The summed E-state index contributed by atoms with van der Waals surface area (Å²) in [5, 5.41) is 12.4. The summed E-state index contributed by atoms with van der Waals surface area (Å²) in [7, 11) is 0. The second-order valence-electron chi connectivity index (χ2n) is 7.22. The van der Waals surface area contributed by atoms with Crippen molar-refractivity contribution in [2.24, 2.45) is 0 Å². The molecule has 4 rings (SSSR count). The normalized spacial score (nSPS) is 13.4. The van der Waals surface area contributed by atoms with Gasteiger partial charge in [0.05, 0.1) is 18.8 Å². The third-order valence-corrected chi connectivity index (χ3v) is 5.52. The molecule has 1 aliphatic rings. The molecule has 1 aliphatic heterocycles. The highest BCUT2D eigenvalue weighted by atomic mass is 16.5. The van der Waals surface area contributed by atoms with Crippen LogP contribution in [0.3, 0.4) is 0 Å². The zero-order chi connectivity index (χ0) is 20.4. The zero-order valence-electron chi connectivity index (χ0n) is 17.4. The van der Waals surface area contributed by atoms with E-state index in [1.807, 2.05) is 37.3 Å². The summed E-state index contributed by atoms with van der Waals surface area (Å²) in [6, 6.07) is 12.3. The van der Waals surface area contributed by atoms with E-state index >= 15 is 0 Å². The number of anilines is 2. The van der Waals surface area contributed by atoms with Crippen LogP contribution in [0, 0.1) is 0 Å². The third-order valence-electron chi connectivity index (χ3n) is 5.52. The fourth-order valence-corrected chi connectivity index (χ4v) is 4.11. The van der Waals surface area contributed by atoms with Crippen LogP contribution in [0.25, 0.3) is 10.8 Å². The molecule has 6 heteroatoms. The molecule has 1 N–H and O–H groups in total. The lowest BCUT2D eigenvalue weighted by atomic mass is 10.0. The van der Waals surface area contributed by atoms with Crippen molar-refractivity contribution in [3.05, 3.63) is 47.7 Å². The van der Waals surface area contributed by atoms with Crippen LogP contribution < -0.4 is 14.5 Å². The van der Waals surface area contributed by atoms with Crippen LogP contribution in [0.1, 0.15) is 32.0 Å². The number of hydrogen-bond acceptors (Lipinski definition) is 6. The Morgan fingerprint density at radius 1 is 1.10 bits per heavy atom. The van der Waals surface area contributed by atoms with Crippen LogP contribution in [0.2, 0.25) is 0 Å². The molecule has 0 atom stereocenters. The monoisotopic (exact) mass is 392 g/mol. The van der Waals surface area contributed by atoms with E-state index in [0.717, 1.165) is 54.0 Å². The average molecular weight is 393 g/mol. The molecule has 0 fully saturated rings. The topological polar surface area (TPSA) is 61.7 Å². The highest BCUT2D eigenvalue weighted by molar-refractivity contribution is 5.95. The number of phenolic OH excluding ortho intramolecular Hbond substituents is 1. The maximum Gasteiger partial charge on any atom is 0.318 e. The van der Waals surface area contributed by atoms with Gasteiger partial charge in [-0.2, -0.15) is 9.97 Å². The SMILES string of the molecule is CCOc1nc2c(c(N(CC)CC)n1)CCN(c1cc(O)cc3ccccc13)C2. The fourth-order valence-electron chi connectivity index (χ4n) is 4.11. The summed E-state index contributed by atoms with van der Waals surface area (Å²) in [6.07, 6.45) is 0.859. The maximum atomic E-state index is 10.3. The highest BCUT2D eigenvalue weighted by Crippen LogP contribution is 2.36. The van der Waals surface area contributed by atoms with E-state index in [1.165, 1.54) is 5.56 Å². The van der Waals surface area contributed by atoms with Crippen molar-refractivity contribution in [3.8, 4) is 11.8 Å². The lowest BCUT2D eigenvalue weighted by Crippen LogP contribution is -2.34. The summed E-state index contributed by atoms with van der Waals surface area (Å²) >= 11 is 0. The molecule has 0 amide bonds. The Bertz CT molecular complexity index is 1020. The van der Waals surface area contributed by atoms with Crippen molar-refractivity contribution in [3.63, 3.8) is 0 Å². The molecule has 29 heavy (non-hydrogen) atoms. The van der Waals surface area contributed by atoms with Crippen molar-refractivity contribution in [2.45, 2.75) is 33.7 Å². The van der Waals surface area contributed by atoms with Gasteiger partial charge in [-0.15, -0.1) is 0 Å². The zero-order valence-corrected chi connectivity index (χ0v) is 17.4. The summed E-state index contributed by atoms with van der Waals surface area (Å²) in [5.74, 6) is 1.27. The molecule has 0 aliphatic carbocycles. The molecule has 2 heterocycles. The second-order valence-corrected chi connectivity index (χ2v) is 7.22. The summed E-state index contributed by atoms with van der Waals surface area (Å²) in [6.45, 7) is 10.1. The number of phenols is 1. The molecular weight excluding hydrogens is 364 g/mol. The molecule has 6 nitrogen and oxygen atoms in total. The number of nitrogens with zero attached hydrogens (tertiary/aromatic N) is 4. The van der Waals surface area contributed by atoms with Gasteiger partial charge in [-0.05, 0) is 38.6 Å². The maximum absolute atomic E-state index is 10.3. The first kappa shape index (κ1) is 19.3. The van der Waals surface area contributed by atoms with Crippen LogP contribution in [0.4, 0.5) is 11.5 Å². The van der Waals surface area contributed by atoms with Gasteiger partial charge >= 0.3 is 6.01 Å². The van der Waals surface area contributed by atoms with Gasteiger partial charge in [-0.1, -0.05) is 24.3 Å². The molecule has 152 valence electrons. The minimum Gasteiger partial charge on any atom is -0.508 e. The van der Waals surface area contributed by atoms with Gasteiger partial charge in [0.15, 0.2) is 0 Å². The van der Waals surface area contributed by atoms with Crippen molar-refractivity contribution in [2.75, 3.05) is 36.0 Å². The molecule has 0 saturated carbocycles. The van der Waals surface area contributed by atoms with Crippen LogP contribution >= 0.6 is 0 Å². The molecule has 2 aromatic carbocycles. The Hall–Kier alpha value is -3.02. The molecule has 0 unspecified atom stereocenters. The fraction of sp³-hybridized carbons (Fsp3) is 0.391. The van der Waals surface area contributed by atoms with Crippen LogP contribution in [-0.2, 0) is 13.0 Å². The predicted molar refractivity (Wildman–Crippen MR) is 117 cm³/mol. The number of benzene rings is 2. The van der Waals surface area contributed by atoms with E-state index < -0.39 is 0 Å². The molecule has 0 spiro atoms. The standard InChI is InChI=1S/C23H28N4O2/c1-4-26(5-2)22-19-11-12-27(15-20(19)24-23(25-22)29-6-3)21-14-17(28)13-16-9-7-8-10-18(16)21/h7-10,13-14,28H,4-6,11-12,15H2,1-3H3. The first-order chi connectivity index (χ1) is 14.1. The summed E-state index contributed by atoms with van der Waals surface area (Å²) < 4.78 is 5.67. The van der Waals surface area contributed by atoms with E-state index in [0.29, 0.717) is 19.2 Å². The first-order valence-corrected chi connectivity index (χ1v) is 10.4. The van der Waals surface area contributed by atoms with E-state index in [4.69, 9.17) is 14.7 Å². The molecule has 0 radical (unpaired) electrons. The van der Waals surface area contributed by atoms with Crippen molar-refractivity contribution in [1.82, 2.24) is 9.97 Å². The minimum atomic E-state index is 0.283. The lowest BCUT2D eigenvalue weighted by molar-refractivity contribution is 0.310. The Balaban J connectivity index is 1.77. The van der Waals surface area contributed by atoms with Crippen LogP contribution in [0.5, 0.6) is 11.8 Å². The quantitative estimate of drug-likeness (QED) is 0.680. The molecule has 0 bridgehead atoms. The van der Waals surface area contributed by atoms with E-state index in [2.05, 4.69) is 29.7 Å². The lowest BCUT2D eigenvalue weighted by Gasteiger charge is -2.33. The van der Waals surface area contributed by atoms with E-state index in [-0.39, 0.29) is 5.75 Å².